The van der Waals surface area contributed by atoms with Gasteiger partial charge in [-0.05, 0) is 48.2 Å². The monoisotopic (exact) mass is 488 g/mol. The summed E-state index contributed by atoms with van der Waals surface area (Å²) in [7, 11) is -3.72. The topological polar surface area (TPSA) is 168 Å². The summed E-state index contributed by atoms with van der Waals surface area (Å²) < 4.78 is 25.4. The zero-order chi connectivity index (χ0) is 25.1. The molecule has 0 unspecified atom stereocenters. The second kappa shape index (κ2) is 12.5. The molecule has 5 N–H and O–H groups in total. The number of anilines is 2. The van der Waals surface area contributed by atoms with Crippen LogP contribution < -0.4 is 16.5 Å². The summed E-state index contributed by atoms with van der Waals surface area (Å²) in [6.45, 7) is 1.76. The van der Waals surface area contributed by atoms with Gasteiger partial charge < -0.3 is 21.6 Å². The lowest BCUT2D eigenvalue weighted by atomic mass is 10.1. The lowest BCUT2D eigenvalue weighted by molar-refractivity contribution is -0.137. The van der Waals surface area contributed by atoms with Gasteiger partial charge in [-0.15, -0.1) is 0 Å². The van der Waals surface area contributed by atoms with Crippen molar-refractivity contribution in [3.63, 3.8) is 0 Å². The van der Waals surface area contributed by atoms with Crippen molar-refractivity contribution in [2.45, 2.75) is 43.9 Å². The lowest BCUT2D eigenvalue weighted by Crippen LogP contribution is -2.19. The summed E-state index contributed by atoms with van der Waals surface area (Å²) in [5, 5.41) is 17.5. The van der Waals surface area contributed by atoms with Crippen LogP contribution in [-0.2, 0) is 30.6 Å². The average molecular weight is 489 g/mol. The smallest absolute Gasteiger partial charge is 0.303 e. The van der Waals surface area contributed by atoms with Gasteiger partial charge in [-0.1, -0.05) is 25.1 Å². The van der Waals surface area contributed by atoms with Crippen molar-refractivity contribution in [2.24, 2.45) is 10.9 Å². The first kappa shape index (κ1) is 26.5. The second-order valence-corrected chi connectivity index (χ2v) is 9.53. The highest BCUT2D eigenvalue weighted by molar-refractivity contribution is 7.91. The van der Waals surface area contributed by atoms with Gasteiger partial charge >= 0.3 is 5.97 Å². The standard InChI is InChI=1S/C23H28N4O6S/c1-2-18-19(5-3-6-20(18)34(32,33)14-4-7-23(30)31)27-22(29)13-12-21(28)26-17-10-8-16(9-11-17)15-25-24/h3,5-6,8-11,15H,2,4,7,12-14,24H2,1H3,(H,26,28)(H,27,29)(H,30,31). The first-order valence-electron chi connectivity index (χ1n) is 10.7. The Kier molecular flexibility index (Phi) is 9.75. The molecular weight excluding hydrogens is 460 g/mol. The fraction of sp³-hybridized carbons (Fsp3) is 0.304. The number of sulfone groups is 1. The van der Waals surface area contributed by atoms with Crippen LogP contribution in [0.1, 0.15) is 43.7 Å². The molecule has 0 heterocycles. The van der Waals surface area contributed by atoms with E-state index in [-0.39, 0.29) is 42.2 Å². The molecule has 182 valence electrons. The predicted octanol–water partition coefficient (Wildman–Crippen LogP) is 2.54. The third-order valence-electron chi connectivity index (χ3n) is 4.90. The Morgan fingerprint density at radius 2 is 1.65 bits per heavy atom. The number of aliphatic carboxylic acids is 1. The summed E-state index contributed by atoms with van der Waals surface area (Å²) in [6, 6.07) is 11.4. The van der Waals surface area contributed by atoms with E-state index in [0.29, 0.717) is 23.4 Å². The SMILES string of the molecule is CCc1c(NC(=O)CCC(=O)Nc2ccc(C=NN)cc2)cccc1S(=O)(=O)CCCC(=O)O. The highest BCUT2D eigenvalue weighted by Gasteiger charge is 2.21. The fourth-order valence-electron chi connectivity index (χ4n) is 3.26. The number of hydrogen-bond donors (Lipinski definition) is 4. The molecule has 2 rings (SSSR count). The van der Waals surface area contributed by atoms with Crippen LogP contribution in [0.2, 0.25) is 0 Å². The first-order valence-corrected chi connectivity index (χ1v) is 12.3. The van der Waals surface area contributed by atoms with Crippen LogP contribution in [0.4, 0.5) is 11.4 Å². The molecule has 0 aliphatic heterocycles. The maximum atomic E-state index is 12.7. The molecule has 0 fully saturated rings. The molecule has 11 heteroatoms. The van der Waals surface area contributed by atoms with E-state index < -0.39 is 21.7 Å². The van der Waals surface area contributed by atoms with E-state index >= 15 is 0 Å². The van der Waals surface area contributed by atoms with Crippen LogP contribution in [0, 0.1) is 0 Å². The highest BCUT2D eigenvalue weighted by atomic mass is 32.2. The fourth-order valence-corrected chi connectivity index (χ4v) is 4.92. The number of nitrogens with two attached hydrogens (primary N) is 1. The van der Waals surface area contributed by atoms with Crippen molar-refractivity contribution < 1.29 is 27.9 Å². The van der Waals surface area contributed by atoms with E-state index in [2.05, 4.69) is 15.7 Å². The third kappa shape index (κ3) is 8.00. The molecule has 0 saturated carbocycles. The number of nitrogens with one attached hydrogen (secondary N) is 2. The average Bonchev–Trinajstić information content (AvgIpc) is 2.78. The molecule has 34 heavy (non-hydrogen) atoms. The van der Waals surface area contributed by atoms with Gasteiger partial charge in [0, 0.05) is 30.6 Å². The molecule has 2 aromatic rings. The van der Waals surface area contributed by atoms with Crippen molar-refractivity contribution in [3.8, 4) is 0 Å². The van der Waals surface area contributed by atoms with E-state index in [9.17, 15) is 22.8 Å². The number of carboxylic acids is 1. The normalized spacial score (nSPS) is 11.3. The van der Waals surface area contributed by atoms with E-state index in [1.807, 2.05) is 0 Å². The lowest BCUT2D eigenvalue weighted by Gasteiger charge is -2.15. The van der Waals surface area contributed by atoms with Gasteiger partial charge in [0.25, 0.3) is 0 Å². The Labute approximate surface area is 198 Å². The van der Waals surface area contributed by atoms with E-state index in [4.69, 9.17) is 10.9 Å². The van der Waals surface area contributed by atoms with Crippen molar-refractivity contribution in [2.75, 3.05) is 16.4 Å². The third-order valence-corrected chi connectivity index (χ3v) is 6.78. The minimum atomic E-state index is -3.72. The number of carbonyl (C=O) groups is 3. The number of amides is 2. The predicted molar refractivity (Wildman–Crippen MR) is 129 cm³/mol. The van der Waals surface area contributed by atoms with Gasteiger partial charge in [0.05, 0.1) is 16.9 Å². The number of carboxylic acid groups (broad SMARTS) is 1. The van der Waals surface area contributed by atoms with Crippen LogP contribution in [-0.4, -0.2) is 43.3 Å². The molecule has 10 nitrogen and oxygen atoms in total. The Morgan fingerprint density at radius 1 is 1.00 bits per heavy atom. The maximum absolute atomic E-state index is 12.7. The number of rotatable bonds is 12. The number of nitrogens with zero attached hydrogens (tertiary/aromatic N) is 1. The minimum Gasteiger partial charge on any atom is -0.481 e. The maximum Gasteiger partial charge on any atom is 0.303 e. The molecule has 0 atom stereocenters. The number of hydrazone groups is 1. The Hall–Kier alpha value is -3.73. The van der Waals surface area contributed by atoms with Gasteiger partial charge in [0.15, 0.2) is 9.84 Å². The van der Waals surface area contributed by atoms with Crippen LogP contribution in [0.5, 0.6) is 0 Å². The van der Waals surface area contributed by atoms with Crippen LogP contribution in [0.25, 0.3) is 0 Å². The number of carbonyl (C=O) groups excluding carboxylic acids is 2. The van der Waals surface area contributed by atoms with E-state index in [1.54, 1.807) is 37.3 Å². The Balaban J connectivity index is 1.99. The summed E-state index contributed by atoms with van der Waals surface area (Å²) in [5.74, 6) is 2.95. The molecule has 0 spiro atoms. The van der Waals surface area contributed by atoms with Gasteiger partial charge in [-0.3, -0.25) is 14.4 Å². The van der Waals surface area contributed by atoms with Crippen LogP contribution >= 0.6 is 0 Å². The highest BCUT2D eigenvalue weighted by Crippen LogP contribution is 2.26. The van der Waals surface area contributed by atoms with Gasteiger partial charge in [-0.2, -0.15) is 5.10 Å². The summed E-state index contributed by atoms with van der Waals surface area (Å²) in [4.78, 5) is 35.4. The molecule has 0 aromatic heterocycles. The largest absolute Gasteiger partial charge is 0.481 e. The number of hydrogen-bond acceptors (Lipinski definition) is 7. The zero-order valence-electron chi connectivity index (χ0n) is 18.8. The first-order chi connectivity index (χ1) is 16.2. The van der Waals surface area contributed by atoms with Gasteiger partial charge in [0.1, 0.15) is 0 Å². The Bertz CT molecular complexity index is 1160. The molecule has 0 radical (unpaired) electrons. The van der Waals surface area contributed by atoms with Crippen molar-refractivity contribution in [3.05, 3.63) is 53.6 Å². The number of benzene rings is 2. The van der Waals surface area contributed by atoms with Gasteiger partial charge in [0.2, 0.25) is 11.8 Å². The van der Waals surface area contributed by atoms with Crippen LogP contribution in [0.15, 0.2) is 52.5 Å². The molecule has 0 aliphatic carbocycles. The summed E-state index contributed by atoms with van der Waals surface area (Å²) in [6.07, 6.45) is 1.40. The molecule has 2 aromatic carbocycles. The molecule has 0 bridgehead atoms. The van der Waals surface area contributed by atoms with Gasteiger partial charge in [-0.25, -0.2) is 8.42 Å². The van der Waals surface area contributed by atoms with E-state index in [0.717, 1.165) is 5.56 Å². The molecule has 0 aliphatic rings. The summed E-state index contributed by atoms with van der Waals surface area (Å²) >= 11 is 0. The van der Waals surface area contributed by atoms with Crippen molar-refractivity contribution in [1.82, 2.24) is 0 Å². The molecule has 0 saturated heterocycles. The van der Waals surface area contributed by atoms with Crippen molar-refractivity contribution >= 4 is 45.2 Å². The molecular formula is C23H28N4O6S. The Morgan fingerprint density at radius 3 is 2.24 bits per heavy atom. The van der Waals surface area contributed by atoms with Crippen LogP contribution in [0.3, 0.4) is 0 Å². The second-order valence-electron chi connectivity index (χ2n) is 7.45. The minimum absolute atomic E-state index is 0.00411. The molecule has 2 amide bonds. The zero-order valence-corrected chi connectivity index (χ0v) is 19.6. The quantitative estimate of drug-likeness (QED) is 0.202. The van der Waals surface area contributed by atoms with Crippen molar-refractivity contribution in [1.29, 1.82) is 0 Å². The van der Waals surface area contributed by atoms with E-state index in [1.165, 1.54) is 18.3 Å². The summed E-state index contributed by atoms with van der Waals surface area (Å²) in [5.41, 5.74) is 2.13.